The van der Waals surface area contributed by atoms with Crippen LogP contribution in [0.25, 0.3) is 0 Å². The minimum absolute atomic E-state index is 0.0439. The number of nitrogens with zero attached hydrogens (tertiary/aromatic N) is 2. The van der Waals surface area contributed by atoms with Crippen LogP contribution in [0.1, 0.15) is 12.0 Å². The van der Waals surface area contributed by atoms with Gasteiger partial charge in [0.25, 0.3) is 0 Å². The normalized spacial score (nSPS) is 23.5. The van der Waals surface area contributed by atoms with Gasteiger partial charge in [-0.1, -0.05) is 30.3 Å². The Bertz CT molecular complexity index is 491. The standard InChI is InChI=1S/C14H16N2O2S/c17-13-8-12-10-19-7-6-15(12)14(18)16(13)9-11-4-2-1-3-5-11/h1-5,12H,6-10H2. The van der Waals surface area contributed by atoms with Crippen molar-refractivity contribution < 1.29 is 9.59 Å². The Balaban J connectivity index is 1.77. The lowest BCUT2D eigenvalue weighted by Crippen LogP contribution is -2.59. The van der Waals surface area contributed by atoms with Crippen molar-refractivity contribution in [1.29, 1.82) is 0 Å². The highest BCUT2D eigenvalue weighted by Crippen LogP contribution is 2.26. The molecule has 1 unspecified atom stereocenters. The summed E-state index contributed by atoms with van der Waals surface area (Å²) < 4.78 is 0. The highest BCUT2D eigenvalue weighted by molar-refractivity contribution is 7.99. The molecule has 5 heteroatoms. The van der Waals surface area contributed by atoms with E-state index in [2.05, 4.69) is 0 Å². The molecule has 0 N–H and O–H groups in total. The molecule has 19 heavy (non-hydrogen) atoms. The van der Waals surface area contributed by atoms with Crippen LogP contribution in [0, 0.1) is 0 Å². The monoisotopic (exact) mass is 276 g/mol. The molecule has 0 saturated carbocycles. The maximum atomic E-state index is 12.4. The number of carbonyl (C=O) groups excluding carboxylic acids is 2. The van der Waals surface area contributed by atoms with E-state index in [0.29, 0.717) is 13.0 Å². The molecule has 3 amide bonds. The topological polar surface area (TPSA) is 40.6 Å². The van der Waals surface area contributed by atoms with E-state index in [0.717, 1.165) is 23.6 Å². The maximum Gasteiger partial charge on any atom is 0.327 e. The first-order chi connectivity index (χ1) is 9.25. The van der Waals surface area contributed by atoms with Crippen LogP contribution in [-0.4, -0.2) is 45.8 Å². The molecular formula is C14H16N2O2S. The second-order valence-electron chi connectivity index (χ2n) is 4.87. The molecule has 4 nitrogen and oxygen atoms in total. The molecule has 0 spiro atoms. The van der Waals surface area contributed by atoms with Gasteiger partial charge in [0, 0.05) is 24.5 Å². The molecule has 3 rings (SSSR count). The summed E-state index contributed by atoms with van der Waals surface area (Å²) in [5.41, 5.74) is 0.994. The molecule has 100 valence electrons. The van der Waals surface area contributed by atoms with E-state index in [1.54, 1.807) is 0 Å². The fourth-order valence-electron chi connectivity index (χ4n) is 2.57. The molecule has 0 aliphatic carbocycles. The van der Waals surface area contributed by atoms with E-state index < -0.39 is 0 Å². The average molecular weight is 276 g/mol. The van der Waals surface area contributed by atoms with Gasteiger partial charge in [-0.25, -0.2) is 4.79 Å². The molecule has 2 heterocycles. The summed E-state index contributed by atoms with van der Waals surface area (Å²) in [4.78, 5) is 27.8. The maximum absolute atomic E-state index is 12.4. The van der Waals surface area contributed by atoms with Crippen LogP contribution >= 0.6 is 11.8 Å². The fourth-order valence-corrected chi connectivity index (χ4v) is 3.63. The molecule has 1 aromatic rings. The zero-order valence-electron chi connectivity index (χ0n) is 10.6. The highest BCUT2D eigenvalue weighted by atomic mass is 32.2. The molecule has 1 aromatic carbocycles. The van der Waals surface area contributed by atoms with Crippen molar-refractivity contribution in [3.63, 3.8) is 0 Å². The molecule has 0 radical (unpaired) electrons. The summed E-state index contributed by atoms with van der Waals surface area (Å²) in [6.07, 6.45) is 0.464. The number of fused-ring (bicyclic) bond motifs is 1. The summed E-state index contributed by atoms with van der Waals surface area (Å²) in [5, 5.41) is 0. The quantitative estimate of drug-likeness (QED) is 0.829. The molecule has 2 fully saturated rings. The molecule has 0 bridgehead atoms. The van der Waals surface area contributed by atoms with Gasteiger partial charge in [-0.3, -0.25) is 9.69 Å². The summed E-state index contributed by atoms with van der Waals surface area (Å²) in [5.74, 6) is 1.81. The van der Waals surface area contributed by atoms with Gasteiger partial charge in [0.15, 0.2) is 0 Å². The second-order valence-corrected chi connectivity index (χ2v) is 6.02. The van der Waals surface area contributed by atoms with Gasteiger partial charge < -0.3 is 4.90 Å². The van der Waals surface area contributed by atoms with Crippen LogP contribution in [0.15, 0.2) is 30.3 Å². The number of thioether (sulfide) groups is 1. The summed E-state index contributed by atoms with van der Waals surface area (Å²) in [7, 11) is 0. The molecule has 2 saturated heterocycles. The molecule has 1 atom stereocenters. The van der Waals surface area contributed by atoms with Crippen molar-refractivity contribution in [1.82, 2.24) is 9.80 Å². The Labute approximate surface area is 116 Å². The Kier molecular flexibility index (Phi) is 3.46. The number of amides is 3. The van der Waals surface area contributed by atoms with Crippen LogP contribution in [0.3, 0.4) is 0 Å². The summed E-state index contributed by atoms with van der Waals surface area (Å²) >= 11 is 1.83. The first-order valence-electron chi connectivity index (χ1n) is 6.48. The largest absolute Gasteiger partial charge is 0.327 e. The fraction of sp³-hybridized carbons (Fsp3) is 0.429. The predicted molar refractivity (Wildman–Crippen MR) is 74.8 cm³/mol. The van der Waals surface area contributed by atoms with Crippen molar-refractivity contribution in [2.45, 2.75) is 19.0 Å². The van der Waals surface area contributed by atoms with E-state index in [4.69, 9.17) is 0 Å². The summed E-state index contributed by atoms with van der Waals surface area (Å²) in [6, 6.07) is 9.65. The van der Waals surface area contributed by atoms with Crippen molar-refractivity contribution >= 4 is 23.7 Å². The third-order valence-corrected chi connectivity index (χ3v) is 4.69. The zero-order valence-corrected chi connectivity index (χ0v) is 11.4. The number of imide groups is 1. The smallest absolute Gasteiger partial charge is 0.319 e. The van der Waals surface area contributed by atoms with Crippen LogP contribution in [0.2, 0.25) is 0 Å². The van der Waals surface area contributed by atoms with Gasteiger partial charge in [-0.2, -0.15) is 11.8 Å². The lowest BCUT2D eigenvalue weighted by Gasteiger charge is -2.42. The van der Waals surface area contributed by atoms with Crippen LogP contribution in [0.5, 0.6) is 0 Å². The minimum Gasteiger partial charge on any atom is -0.319 e. The minimum atomic E-state index is -0.120. The van der Waals surface area contributed by atoms with Crippen LogP contribution in [0.4, 0.5) is 4.79 Å². The van der Waals surface area contributed by atoms with Crippen molar-refractivity contribution in [3.8, 4) is 0 Å². The van der Waals surface area contributed by atoms with Gasteiger partial charge in [0.05, 0.1) is 12.6 Å². The number of hydrogen-bond donors (Lipinski definition) is 0. The third kappa shape index (κ3) is 2.47. The van der Waals surface area contributed by atoms with Crippen LogP contribution < -0.4 is 0 Å². The zero-order chi connectivity index (χ0) is 13.2. The second kappa shape index (κ2) is 5.25. The number of urea groups is 1. The van der Waals surface area contributed by atoms with Crippen molar-refractivity contribution in [3.05, 3.63) is 35.9 Å². The predicted octanol–water partition coefficient (Wildman–Crippen LogP) is 1.96. The number of hydrogen-bond acceptors (Lipinski definition) is 3. The number of rotatable bonds is 2. The SMILES string of the molecule is O=C1CC2CSCCN2C(=O)N1Cc1ccccc1. The Morgan fingerprint density at radius 1 is 1.21 bits per heavy atom. The van der Waals surface area contributed by atoms with E-state index >= 15 is 0 Å². The molecule has 2 aliphatic rings. The first kappa shape index (κ1) is 12.5. The lowest BCUT2D eigenvalue weighted by molar-refractivity contribution is -0.132. The van der Waals surface area contributed by atoms with Gasteiger partial charge in [-0.05, 0) is 5.56 Å². The Morgan fingerprint density at radius 3 is 2.79 bits per heavy atom. The average Bonchev–Trinajstić information content (AvgIpc) is 2.45. The Morgan fingerprint density at radius 2 is 2.00 bits per heavy atom. The first-order valence-corrected chi connectivity index (χ1v) is 7.64. The van der Waals surface area contributed by atoms with Gasteiger partial charge in [0.1, 0.15) is 0 Å². The van der Waals surface area contributed by atoms with E-state index in [1.807, 2.05) is 47.0 Å². The van der Waals surface area contributed by atoms with Gasteiger partial charge in [0.2, 0.25) is 5.91 Å². The molecular weight excluding hydrogens is 260 g/mol. The highest BCUT2D eigenvalue weighted by Gasteiger charge is 2.39. The number of benzene rings is 1. The van der Waals surface area contributed by atoms with Crippen LogP contribution in [-0.2, 0) is 11.3 Å². The van der Waals surface area contributed by atoms with Crippen molar-refractivity contribution in [2.75, 3.05) is 18.1 Å². The van der Waals surface area contributed by atoms with E-state index in [1.165, 1.54) is 4.90 Å². The van der Waals surface area contributed by atoms with Crippen molar-refractivity contribution in [2.24, 2.45) is 0 Å². The van der Waals surface area contributed by atoms with E-state index in [-0.39, 0.29) is 18.0 Å². The Hall–Kier alpha value is -1.49. The van der Waals surface area contributed by atoms with E-state index in [9.17, 15) is 9.59 Å². The lowest BCUT2D eigenvalue weighted by atomic mass is 10.1. The van der Waals surface area contributed by atoms with Gasteiger partial charge >= 0.3 is 6.03 Å². The number of carbonyl (C=O) groups is 2. The van der Waals surface area contributed by atoms with Gasteiger partial charge in [-0.15, -0.1) is 0 Å². The third-order valence-electron chi connectivity index (χ3n) is 3.60. The molecule has 2 aliphatic heterocycles. The molecule has 0 aromatic heterocycles. The summed E-state index contributed by atoms with van der Waals surface area (Å²) in [6.45, 7) is 1.14.